The topological polar surface area (TPSA) is 9.23 Å². The summed E-state index contributed by atoms with van der Waals surface area (Å²) in [6.07, 6.45) is 4.86. The first-order valence-electron chi connectivity index (χ1n) is 5.53. The van der Waals surface area contributed by atoms with Crippen molar-refractivity contribution in [2.24, 2.45) is 0 Å². The first-order valence-corrected chi connectivity index (χ1v) is 6.44. The van der Waals surface area contributed by atoms with Crippen LogP contribution >= 0.6 is 15.9 Å². The Morgan fingerprint density at radius 3 is 2.40 bits per heavy atom. The second kappa shape index (κ2) is 6.89. The molecule has 1 atom stereocenters. The van der Waals surface area contributed by atoms with Crippen LogP contribution in [-0.2, 0) is 6.42 Å². The molecule has 0 aliphatic carbocycles. The number of hydrogen-bond donors (Lipinski definition) is 0. The van der Waals surface area contributed by atoms with Gasteiger partial charge in [0.25, 0.3) is 0 Å². The molecule has 1 rings (SSSR count). The molecular weight excluding hydrogens is 252 g/mol. The summed E-state index contributed by atoms with van der Waals surface area (Å²) in [6.45, 7) is 2.22. The van der Waals surface area contributed by atoms with E-state index in [1.165, 1.54) is 24.8 Å². The van der Waals surface area contributed by atoms with Gasteiger partial charge < -0.3 is 4.74 Å². The molecule has 0 saturated carbocycles. The summed E-state index contributed by atoms with van der Waals surface area (Å²) >= 11 is 3.70. The molecule has 15 heavy (non-hydrogen) atoms. The summed E-state index contributed by atoms with van der Waals surface area (Å²) < 4.78 is 5.12. The Hall–Kier alpha value is -0.500. The van der Waals surface area contributed by atoms with E-state index in [0.29, 0.717) is 4.83 Å². The van der Waals surface area contributed by atoms with Crippen molar-refractivity contribution in [3.63, 3.8) is 0 Å². The van der Waals surface area contributed by atoms with Gasteiger partial charge in [0, 0.05) is 4.83 Å². The van der Waals surface area contributed by atoms with Crippen LogP contribution < -0.4 is 4.74 Å². The Morgan fingerprint density at radius 1 is 1.20 bits per heavy atom. The molecule has 0 fully saturated rings. The molecule has 0 N–H and O–H groups in total. The van der Waals surface area contributed by atoms with Crippen molar-refractivity contribution in [2.75, 3.05) is 7.11 Å². The molecule has 0 aliphatic rings. The highest BCUT2D eigenvalue weighted by Gasteiger charge is 2.03. The van der Waals surface area contributed by atoms with E-state index in [9.17, 15) is 0 Å². The van der Waals surface area contributed by atoms with E-state index >= 15 is 0 Å². The van der Waals surface area contributed by atoms with E-state index < -0.39 is 0 Å². The van der Waals surface area contributed by atoms with Crippen molar-refractivity contribution >= 4 is 15.9 Å². The lowest BCUT2D eigenvalue weighted by molar-refractivity contribution is 0.414. The monoisotopic (exact) mass is 270 g/mol. The molecule has 1 nitrogen and oxygen atoms in total. The van der Waals surface area contributed by atoms with Crippen molar-refractivity contribution < 1.29 is 4.74 Å². The van der Waals surface area contributed by atoms with Crippen LogP contribution in [0.4, 0.5) is 0 Å². The summed E-state index contributed by atoms with van der Waals surface area (Å²) in [6, 6.07) is 8.34. The van der Waals surface area contributed by atoms with E-state index in [-0.39, 0.29) is 0 Å². The fraction of sp³-hybridized carbons (Fsp3) is 0.538. The van der Waals surface area contributed by atoms with Gasteiger partial charge >= 0.3 is 0 Å². The van der Waals surface area contributed by atoms with Crippen LogP contribution in [0.3, 0.4) is 0 Å². The van der Waals surface area contributed by atoms with Crippen molar-refractivity contribution in [1.29, 1.82) is 0 Å². The maximum atomic E-state index is 5.12. The van der Waals surface area contributed by atoms with Gasteiger partial charge in [0.2, 0.25) is 0 Å². The van der Waals surface area contributed by atoms with Crippen LogP contribution in [0.2, 0.25) is 0 Å². The molecule has 0 amide bonds. The number of alkyl halides is 1. The summed E-state index contributed by atoms with van der Waals surface area (Å²) in [4.78, 5) is 0.657. The molecule has 0 spiro atoms. The summed E-state index contributed by atoms with van der Waals surface area (Å²) in [5.41, 5.74) is 1.39. The lowest BCUT2D eigenvalue weighted by atomic mass is 10.1. The van der Waals surface area contributed by atoms with Crippen molar-refractivity contribution in [3.8, 4) is 5.75 Å². The zero-order valence-electron chi connectivity index (χ0n) is 9.50. The van der Waals surface area contributed by atoms with Crippen molar-refractivity contribution in [1.82, 2.24) is 0 Å². The van der Waals surface area contributed by atoms with Gasteiger partial charge in [0.1, 0.15) is 5.75 Å². The van der Waals surface area contributed by atoms with Crippen LogP contribution in [0, 0.1) is 0 Å². The number of aryl methyl sites for hydroxylation is 1. The predicted molar refractivity (Wildman–Crippen MR) is 68.9 cm³/mol. The highest BCUT2D eigenvalue weighted by atomic mass is 79.9. The van der Waals surface area contributed by atoms with Crippen LogP contribution in [0.15, 0.2) is 24.3 Å². The van der Waals surface area contributed by atoms with Gasteiger partial charge in [-0.2, -0.15) is 0 Å². The highest BCUT2D eigenvalue weighted by molar-refractivity contribution is 9.09. The fourth-order valence-corrected chi connectivity index (χ4v) is 2.26. The number of ether oxygens (including phenoxy) is 1. The molecule has 1 aromatic carbocycles. The van der Waals surface area contributed by atoms with Gasteiger partial charge in [0.15, 0.2) is 0 Å². The van der Waals surface area contributed by atoms with Crippen molar-refractivity contribution in [3.05, 3.63) is 29.8 Å². The van der Waals surface area contributed by atoms with Gasteiger partial charge in [0.05, 0.1) is 7.11 Å². The van der Waals surface area contributed by atoms with Gasteiger partial charge in [-0.1, -0.05) is 41.4 Å². The molecule has 0 bridgehead atoms. The lowest BCUT2D eigenvalue weighted by Gasteiger charge is -2.08. The summed E-state index contributed by atoms with van der Waals surface area (Å²) in [5.74, 6) is 0.933. The minimum Gasteiger partial charge on any atom is -0.497 e. The van der Waals surface area contributed by atoms with E-state index in [2.05, 4.69) is 35.0 Å². The molecule has 0 saturated heterocycles. The predicted octanol–water partition coefficient (Wildman–Crippen LogP) is 4.19. The Labute approximate surface area is 101 Å². The van der Waals surface area contributed by atoms with E-state index in [4.69, 9.17) is 4.74 Å². The smallest absolute Gasteiger partial charge is 0.118 e. The number of benzene rings is 1. The van der Waals surface area contributed by atoms with E-state index in [1.807, 2.05) is 12.1 Å². The summed E-state index contributed by atoms with van der Waals surface area (Å²) in [5, 5.41) is 0. The van der Waals surface area contributed by atoms with Crippen LogP contribution in [0.5, 0.6) is 5.75 Å². The Kier molecular flexibility index (Phi) is 5.77. The largest absolute Gasteiger partial charge is 0.497 e. The third-order valence-corrected chi connectivity index (χ3v) is 3.42. The molecule has 0 radical (unpaired) electrons. The zero-order valence-corrected chi connectivity index (χ0v) is 11.1. The lowest BCUT2D eigenvalue weighted by Crippen LogP contribution is -1.99. The molecular formula is C13H19BrO. The van der Waals surface area contributed by atoms with Gasteiger partial charge in [-0.15, -0.1) is 0 Å². The molecule has 0 aromatic heterocycles. The second-order valence-corrected chi connectivity index (χ2v) is 5.07. The quantitative estimate of drug-likeness (QED) is 0.705. The Bertz CT molecular complexity index is 268. The van der Waals surface area contributed by atoms with Gasteiger partial charge in [-0.25, -0.2) is 0 Å². The summed E-state index contributed by atoms with van der Waals surface area (Å²) in [7, 11) is 1.70. The second-order valence-electron chi connectivity index (χ2n) is 3.77. The highest BCUT2D eigenvalue weighted by Crippen LogP contribution is 2.17. The first-order chi connectivity index (χ1) is 7.26. The average molecular weight is 271 g/mol. The molecule has 1 unspecified atom stereocenters. The Balaban J connectivity index is 2.37. The van der Waals surface area contributed by atoms with E-state index in [1.54, 1.807) is 7.11 Å². The average Bonchev–Trinajstić information content (AvgIpc) is 2.27. The minimum absolute atomic E-state index is 0.657. The molecule has 0 heterocycles. The number of rotatable bonds is 6. The third-order valence-electron chi connectivity index (χ3n) is 2.51. The molecule has 84 valence electrons. The standard InChI is InChI=1S/C13H19BrO/c1-3-4-12(14)8-5-11-6-9-13(15-2)10-7-11/h6-7,9-10,12H,3-5,8H2,1-2H3. The van der Waals surface area contributed by atoms with Gasteiger partial charge in [-0.05, 0) is 37.0 Å². The number of halogens is 1. The Morgan fingerprint density at radius 2 is 1.87 bits per heavy atom. The van der Waals surface area contributed by atoms with Crippen molar-refractivity contribution in [2.45, 2.75) is 37.4 Å². The molecule has 0 aliphatic heterocycles. The minimum atomic E-state index is 0.657. The van der Waals surface area contributed by atoms with Crippen LogP contribution in [-0.4, -0.2) is 11.9 Å². The fourth-order valence-electron chi connectivity index (χ4n) is 1.57. The SMILES string of the molecule is CCCC(Br)CCc1ccc(OC)cc1. The van der Waals surface area contributed by atoms with Crippen LogP contribution in [0.25, 0.3) is 0 Å². The van der Waals surface area contributed by atoms with E-state index in [0.717, 1.165) is 12.2 Å². The third kappa shape index (κ3) is 4.70. The normalized spacial score (nSPS) is 12.5. The molecule has 1 aromatic rings. The maximum absolute atomic E-state index is 5.12. The van der Waals surface area contributed by atoms with Crippen LogP contribution in [0.1, 0.15) is 31.7 Å². The number of methoxy groups -OCH3 is 1. The zero-order chi connectivity index (χ0) is 11.1. The molecule has 2 heteroatoms. The van der Waals surface area contributed by atoms with Gasteiger partial charge in [-0.3, -0.25) is 0 Å². The number of hydrogen-bond acceptors (Lipinski definition) is 1. The first kappa shape index (κ1) is 12.6. The maximum Gasteiger partial charge on any atom is 0.118 e.